The number of aromatic amines is 1. The molecule has 0 bridgehead atoms. The second-order valence-electron chi connectivity index (χ2n) is 7.32. The minimum atomic E-state index is -0.320. The summed E-state index contributed by atoms with van der Waals surface area (Å²) in [6.45, 7) is 7.81. The van der Waals surface area contributed by atoms with Crippen LogP contribution in [0.4, 0.5) is 5.13 Å². The van der Waals surface area contributed by atoms with E-state index in [1.165, 1.54) is 40.0 Å². The van der Waals surface area contributed by atoms with Gasteiger partial charge in [0.05, 0.1) is 22.1 Å². The van der Waals surface area contributed by atoms with Gasteiger partial charge in [-0.3, -0.25) is 9.59 Å². The molecule has 3 aromatic heterocycles. The first-order valence-electron chi connectivity index (χ1n) is 9.75. The lowest BCUT2D eigenvalue weighted by Crippen LogP contribution is -2.23. The number of aromatic nitrogens is 3. The first-order valence-corrected chi connectivity index (χ1v) is 12.5. The van der Waals surface area contributed by atoms with Crippen molar-refractivity contribution in [2.45, 2.75) is 38.7 Å². The summed E-state index contributed by atoms with van der Waals surface area (Å²) in [7, 11) is 0. The van der Waals surface area contributed by atoms with E-state index in [4.69, 9.17) is 0 Å². The highest BCUT2D eigenvalue weighted by molar-refractivity contribution is 7.99. The van der Waals surface area contributed by atoms with Crippen LogP contribution in [0.1, 0.15) is 28.8 Å². The lowest BCUT2D eigenvalue weighted by atomic mass is 10.1. The van der Waals surface area contributed by atoms with Crippen molar-refractivity contribution in [3.05, 3.63) is 61.8 Å². The molecule has 0 spiro atoms. The zero-order valence-electron chi connectivity index (χ0n) is 17.6. The molecule has 0 aliphatic carbocycles. The van der Waals surface area contributed by atoms with Gasteiger partial charge in [-0.25, -0.2) is 9.97 Å². The number of anilines is 1. The van der Waals surface area contributed by atoms with E-state index in [0.29, 0.717) is 22.1 Å². The molecular formula is C22H22N4O2S3. The number of rotatable bonds is 6. The second kappa shape index (κ2) is 8.94. The maximum atomic E-state index is 12.6. The Hall–Kier alpha value is -2.49. The van der Waals surface area contributed by atoms with Crippen LogP contribution in [0.25, 0.3) is 21.5 Å². The predicted molar refractivity (Wildman–Crippen MR) is 131 cm³/mol. The molecule has 2 N–H and O–H groups in total. The van der Waals surface area contributed by atoms with Crippen LogP contribution in [-0.2, 0) is 10.5 Å². The minimum absolute atomic E-state index is 0.119. The second-order valence-corrected chi connectivity index (χ2v) is 10.7. The predicted octanol–water partition coefficient (Wildman–Crippen LogP) is 5.29. The van der Waals surface area contributed by atoms with Crippen molar-refractivity contribution in [2.24, 2.45) is 0 Å². The van der Waals surface area contributed by atoms with Gasteiger partial charge in [-0.1, -0.05) is 29.8 Å². The fourth-order valence-electron chi connectivity index (χ4n) is 3.04. The number of fused-ring (bicyclic) bond motifs is 1. The molecule has 0 aliphatic heterocycles. The molecular weight excluding hydrogens is 448 g/mol. The Balaban J connectivity index is 1.39. The molecule has 3 heterocycles. The normalized spacial score (nSPS) is 12.3. The number of carbonyl (C=O) groups excluding carboxylic acids is 1. The summed E-state index contributed by atoms with van der Waals surface area (Å²) in [6, 6.07) is 8.13. The van der Waals surface area contributed by atoms with Crippen molar-refractivity contribution in [2.75, 3.05) is 5.32 Å². The van der Waals surface area contributed by atoms with Gasteiger partial charge in [-0.15, -0.1) is 34.4 Å². The van der Waals surface area contributed by atoms with Gasteiger partial charge < -0.3 is 10.3 Å². The third kappa shape index (κ3) is 4.73. The van der Waals surface area contributed by atoms with E-state index < -0.39 is 0 Å². The number of benzene rings is 1. The summed E-state index contributed by atoms with van der Waals surface area (Å²) < 4.78 is 0. The van der Waals surface area contributed by atoms with Gasteiger partial charge in [-0.05, 0) is 33.3 Å². The lowest BCUT2D eigenvalue weighted by Gasteiger charge is -2.10. The zero-order chi connectivity index (χ0) is 22.1. The maximum absolute atomic E-state index is 12.6. The standard InChI is InChI=1S/C22H22N4O2S3/c1-11-5-7-15(8-6-11)16-9-30-22(23-16)26-19(27)14(4)29-10-17-24-20(28)18-12(2)13(3)31-21(18)25-17/h5-9,14H,10H2,1-4H3,(H,23,26,27)(H,24,25,28). The zero-order valence-corrected chi connectivity index (χ0v) is 20.1. The van der Waals surface area contributed by atoms with Gasteiger partial charge in [0.2, 0.25) is 5.91 Å². The molecule has 0 fully saturated rings. The molecule has 0 aliphatic rings. The largest absolute Gasteiger partial charge is 0.309 e. The molecule has 1 atom stereocenters. The van der Waals surface area contributed by atoms with E-state index in [1.807, 2.05) is 57.3 Å². The molecule has 4 aromatic rings. The Labute approximate surface area is 192 Å². The van der Waals surface area contributed by atoms with Crippen LogP contribution in [0.5, 0.6) is 0 Å². The Morgan fingerprint density at radius 1 is 1.19 bits per heavy atom. The van der Waals surface area contributed by atoms with Crippen LogP contribution in [-0.4, -0.2) is 26.1 Å². The number of hydrogen-bond donors (Lipinski definition) is 2. The molecule has 31 heavy (non-hydrogen) atoms. The van der Waals surface area contributed by atoms with Gasteiger partial charge in [0, 0.05) is 15.8 Å². The van der Waals surface area contributed by atoms with Crippen LogP contribution >= 0.6 is 34.4 Å². The summed E-state index contributed by atoms with van der Waals surface area (Å²) >= 11 is 4.36. The molecule has 6 nitrogen and oxygen atoms in total. The van der Waals surface area contributed by atoms with Crippen molar-refractivity contribution in [3.8, 4) is 11.3 Å². The molecule has 4 rings (SSSR count). The van der Waals surface area contributed by atoms with Crippen LogP contribution in [0.3, 0.4) is 0 Å². The van der Waals surface area contributed by atoms with E-state index in [1.54, 1.807) is 0 Å². The molecule has 0 radical (unpaired) electrons. The van der Waals surface area contributed by atoms with E-state index in [0.717, 1.165) is 26.5 Å². The average molecular weight is 471 g/mol. The molecule has 1 aromatic carbocycles. The van der Waals surface area contributed by atoms with Crippen LogP contribution < -0.4 is 10.9 Å². The number of H-pyrrole nitrogens is 1. The smallest absolute Gasteiger partial charge is 0.259 e. The van der Waals surface area contributed by atoms with E-state index >= 15 is 0 Å². The van der Waals surface area contributed by atoms with Crippen molar-refractivity contribution < 1.29 is 4.79 Å². The van der Waals surface area contributed by atoms with E-state index in [2.05, 4.69) is 20.3 Å². The monoisotopic (exact) mass is 470 g/mol. The number of thiophene rings is 1. The fraction of sp³-hybridized carbons (Fsp3) is 0.273. The molecule has 9 heteroatoms. The average Bonchev–Trinajstić information content (AvgIpc) is 3.31. The number of thioether (sulfide) groups is 1. The van der Waals surface area contributed by atoms with Gasteiger partial charge >= 0.3 is 0 Å². The third-order valence-electron chi connectivity index (χ3n) is 5.01. The topological polar surface area (TPSA) is 87.7 Å². The summed E-state index contributed by atoms with van der Waals surface area (Å²) in [6.07, 6.45) is 0. The Kier molecular flexibility index (Phi) is 6.27. The Bertz CT molecular complexity index is 1300. The fourth-order valence-corrected chi connectivity index (χ4v) is 5.57. The third-order valence-corrected chi connectivity index (χ3v) is 8.02. The highest BCUT2D eigenvalue weighted by atomic mass is 32.2. The van der Waals surface area contributed by atoms with E-state index in [-0.39, 0.29) is 16.7 Å². The number of amides is 1. The minimum Gasteiger partial charge on any atom is -0.309 e. The number of carbonyl (C=O) groups is 1. The molecule has 1 amide bonds. The number of aryl methyl sites for hydroxylation is 3. The number of nitrogens with zero attached hydrogens (tertiary/aromatic N) is 2. The maximum Gasteiger partial charge on any atom is 0.259 e. The van der Waals surface area contributed by atoms with Gasteiger partial charge in [0.1, 0.15) is 10.7 Å². The van der Waals surface area contributed by atoms with Crippen LogP contribution in [0, 0.1) is 20.8 Å². The van der Waals surface area contributed by atoms with Gasteiger partial charge in [-0.2, -0.15) is 0 Å². The van der Waals surface area contributed by atoms with Gasteiger partial charge in [0.25, 0.3) is 5.56 Å². The van der Waals surface area contributed by atoms with Crippen molar-refractivity contribution in [3.63, 3.8) is 0 Å². The quantitative estimate of drug-likeness (QED) is 0.400. The first kappa shape index (κ1) is 21.7. The van der Waals surface area contributed by atoms with Crippen LogP contribution in [0.15, 0.2) is 34.4 Å². The SMILES string of the molecule is Cc1ccc(-c2csc(NC(=O)C(C)SCc3nc4sc(C)c(C)c4c(=O)[nH]3)n2)cc1. The number of hydrogen-bond acceptors (Lipinski definition) is 7. The number of nitrogens with one attached hydrogen (secondary N) is 2. The molecule has 0 saturated carbocycles. The summed E-state index contributed by atoms with van der Waals surface area (Å²) in [5, 5.41) is 5.74. The highest BCUT2D eigenvalue weighted by Gasteiger charge is 2.17. The highest BCUT2D eigenvalue weighted by Crippen LogP contribution is 2.28. The Morgan fingerprint density at radius 2 is 1.94 bits per heavy atom. The first-order chi connectivity index (χ1) is 14.8. The molecule has 160 valence electrons. The molecule has 1 unspecified atom stereocenters. The lowest BCUT2D eigenvalue weighted by molar-refractivity contribution is -0.115. The summed E-state index contributed by atoms with van der Waals surface area (Å²) in [5.41, 5.74) is 3.92. The molecule has 0 saturated heterocycles. The number of thiazole rings is 1. The summed E-state index contributed by atoms with van der Waals surface area (Å²) in [4.78, 5) is 38.8. The van der Waals surface area contributed by atoms with Gasteiger partial charge in [0.15, 0.2) is 5.13 Å². The Morgan fingerprint density at radius 3 is 2.68 bits per heavy atom. The summed E-state index contributed by atoms with van der Waals surface area (Å²) in [5.74, 6) is 0.905. The van der Waals surface area contributed by atoms with Crippen molar-refractivity contribution in [1.29, 1.82) is 0 Å². The van der Waals surface area contributed by atoms with Crippen molar-refractivity contribution >= 4 is 55.7 Å². The van der Waals surface area contributed by atoms with Crippen LogP contribution in [0.2, 0.25) is 0 Å². The van der Waals surface area contributed by atoms with E-state index in [9.17, 15) is 9.59 Å². The van der Waals surface area contributed by atoms with Crippen molar-refractivity contribution in [1.82, 2.24) is 15.0 Å².